The molecule has 2 aliphatic heterocycles. The largest absolute Gasteiger partial charge is 0.490 e. The van der Waals surface area contributed by atoms with Crippen LogP contribution in [0.4, 0.5) is 17.6 Å². The number of amides is 1. The van der Waals surface area contributed by atoms with E-state index in [-0.39, 0.29) is 13.1 Å². The Bertz CT molecular complexity index is 1000. The molecule has 0 saturated carbocycles. The van der Waals surface area contributed by atoms with Gasteiger partial charge in [-0.25, -0.2) is 9.18 Å². The van der Waals surface area contributed by atoms with Gasteiger partial charge in [0.25, 0.3) is 11.8 Å². The van der Waals surface area contributed by atoms with Crippen molar-refractivity contribution in [2.24, 2.45) is 0 Å². The monoisotopic (exact) mass is 443 g/mol. The van der Waals surface area contributed by atoms with E-state index in [1.807, 2.05) is 0 Å². The summed E-state index contributed by atoms with van der Waals surface area (Å²) in [5.74, 6) is -6.43. The Kier molecular flexibility index (Phi) is 5.91. The minimum atomic E-state index is -5.40. The molecule has 31 heavy (non-hydrogen) atoms. The fourth-order valence-corrected chi connectivity index (χ4v) is 3.32. The fourth-order valence-electron chi connectivity index (χ4n) is 3.32. The molecule has 0 aliphatic carbocycles. The lowest BCUT2D eigenvalue weighted by Gasteiger charge is -2.32. The Labute approximate surface area is 172 Å². The average Bonchev–Trinajstić information content (AvgIpc) is 2.67. The van der Waals surface area contributed by atoms with E-state index in [2.05, 4.69) is 4.74 Å². The van der Waals surface area contributed by atoms with E-state index in [1.54, 1.807) is 0 Å². The number of hydrogen-bond acceptors (Lipinski definition) is 5. The number of carboxylic acid groups (broad SMARTS) is 1. The first-order valence-electron chi connectivity index (χ1n) is 8.88. The van der Waals surface area contributed by atoms with Crippen LogP contribution in [-0.4, -0.2) is 68.8 Å². The highest BCUT2D eigenvalue weighted by atomic mass is 19.4. The van der Waals surface area contributed by atoms with Gasteiger partial charge in [0.1, 0.15) is 12.2 Å². The standard InChI is InChI=1S/C19H14F4N2O6/c20-11-3-1-10(2-4-11)8-24-9-12(7-14(27)28)25-6-5-13(26)16(15(25)17(24)29)31-18(30)19(21,22)23/h1-6,12,16H,7-9H2/p+1. The van der Waals surface area contributed by atoms with Crippen molar-refractivity contribution in [2.45, 2.75) is 31.3 Å². The van der Waals surface area contributed by atoms with Crippen molar-refractivity contribution in [1.29, 1.82) is 0 Å². The maximum Gasteiger partial charge on any atom is 0.490 e. The first-order chi connectivity index (χ1) is 14.5. The molecule has 1 N–H and O–H groups in total. The van der Waals surface area contributed by atoms with Crippen LogP contribution in [0.15, 0.2) is 36.5 Å². The number of ketones is 1. The summed E-state index contributed by atoms with van der Waals surface area (Å²) in [6, 6.07) is 4.08. The van der Waals surface area contributed by atoms with Crippen LogP contribution in [0.3, 0.4) is 0 Å². The number of rotatable bonds is 5. The van der Waals surface area contributed by atoms with E-state index in [9.17, 15) is 41.8 Å². The summed E-state index contributed by atoms with van der Waals surface area (Å²) in [6.07, 6.45) is -6.21. The molecule has 0 saturated heterocycles. The molecule has 2 unspecified atom stereocenters. The van der Waals surface area contributed by atoms with Gasteiger partial charge in [0, 0.05) is 12.6 Å². The maximum atomic E-state index is 13.1. The van der Waals surface area contributed by atoms with E-state index in [0.29, 0.717) is 5.56 Å². The number of carbonyl (C=O) groups excluding carboxylic acids is 3. The first kappa shape index (κ1) is 22.1. The molecular weight excluding hydrogens is 428 g/mol. The molecule has 164 valence electrons. The predicted octanol–water partition coefficient (Wildman–Crippen LogP) is 1.04. The predicted molar refractivity (Wildman–Crippen MR) is 93.2 cm³/mol. The molecule has 2 atom stereocenters. The molecule has 1 aromatic carbocycles. The summed E-state index contributed by atoms with van der Waals surface area (Å²) in [5, 5.41) is 9.19. The zero-order valence-corrected chi connectivity index (χ0v) is 15.6. The molecule has 0 fully saturated rings. The van der Waals surface area contributed by atoms with Gasteiger partial charge in [-0.15, -0.1) is 0 Å². The molecule has 1 aromatic rings. The average molecular weight is 443 g/mol. The highest BCUT2D eigenvalue weighted by Gasteiger charge is 2.52. The smallest absolute Gasteiger partial charge is 0.481 e. The summed E-state index contributed by atoms with van der Waals surface area (Å²) >= 11 is 0. The van der Waals surface area contributed by atoms with Crippen LogP contribution in [0.1, 0.15) is 12.0 Å². The summed E-state index contributed by atoms with van der Waals surface area (Å²) in [6.45, 7) is -0.283. The molecule has 0 aromatic heterocycles. The number of hydrogen-bond donors (Lipinski definition) is 1. The van der Waals surface area contributed by atoms with Gasteiger partial charge in [-0.1, -0.05) is 12.1 Å². The maximum absolute atomic E-state index is 13.1. The summed E-state index contributed by atoms with van der Waals surface area (Å²) in [5.41, 5.74) is -0.135. The molecule has 12 heteroatoms. The second-order valence-electron chi connectivity index (χ2n) is 6.86. The normalized spacial score (nSPS) is 21.2. The van der Waals surface area contributed by atoms with Gasteiger partial charge in [-0.2, -0.15) is 17.7 Å². The number of benzene rings is 1. The van der Waals surface area contributed by atoms with Crippen molar-refractivity contribution in [3.63, 3.8) is 0 Å². The van der Waals surface area contributed by atoms with Crippen molar-refractivity contribution >= 4 is 29.3 Å². The fraction of sp³-hybridized carbons (Fsp3) is 0.316. The Morgan fingerprint density at radius 2 is 1.84 bits per heavy atom. The number of esters is 1. The molecule has 1 amide bonds. The van der Waals surface area contributed by atoms with Gasteiger partial charge in [-0.05, 0) is 17.7 Å². The van der Waals surface area contributed by atoms with E-state index >= 15 is 0 Å². The molecular formula is C19H15F4N2O6+. The highest BCUT2D eigenvalue weighted by Crippen LogP contribution is 2.23. The zero-order chi connectivity index (χ0) is 22.9. The quantitative estimate of drug-likeness (QED) is 0.414. The third kappa shape index (κ3) is 4.78. The van der Waals surface area contributed by atoms with Crippen molar-refractivity contribution in [3.05, 3.63) is 47.9 Å². The molecule has 0 radical (unpaired) electrons. The number of nitrogens with zero attached hydrogens (tertiary/aromatic N) is 2. The second kappa shape index (κ2) is 8.28. The van der Waals surface area contributed by atoms with E-state index < -0.39 is 59.9 Å². The topological polar surface area (TPSA) is 104 Å². The van der Waals surface area contributed by atoms with E-state index in [4.69, 9.17) is 0 Å². The first-order valence-corrected chi connectivity index (χ1v) is 8.88. The Balaban J connectivity index is 1.99. The van der Waals surface area contributed by atoms with Gasteiger partial charge in [0.2, 0.25) is 5.78 Å². The van der Waals surface area contributed by atoms with Crippen LogP contribution in [0.25, 0.3) is 0 Å². The van der Waals surface area contributed by atoms with Gasteiger partial charge < -0.3 is 14.7 Å². The molecule has 3 rings (SSSR count). The molecule has 0 spiro atoms. The number of carboxylic acids is 1. The number of aliphatic carboxylic acids is 1. The van der Waals surface area contributed by atoms with Crippen molar-refractivity contribution in [2.75, 3.05) is 6.54 Å². The van der Waals surface area contributed by atoms with Crippen molar-refractivity contribution in [3.8, 4) is 0 Å². The van der Waals surface area contributed by atoms with Gasteiger partial charge >= 0.3 is 24.0 Å². The number of alkyl halides is 3. The Morgan fingerprint density at radius 3 is 2.42 bits per heavy atom. The number of ether oxygens (including phenoxy) is 1. The van der Waals surface area contributed by atoms with Gasteiger partial charge in [-0.3, -0.25) is 14.4 Å². The lowest BCUT2D eigenvalue weighted by atomic mass is 9.98. The van der Waals surface area contributed by atoms with Crippen molar-refractivity contribution in [1.82, 2.24) is 4.90 Å². The third-order valence-corrected chi connectivity index (χ3v) is 4.67. The Morgan fingerprint density at radius 1 is 1.19 bits per heavy atom. The van der Waals surface area contributed by atoms with Crippen LogP contribution < -0.4 is 0 Å². The molecule has 2 heterocycles. The van der Waals surface area contributed by atoms with Gasteiger partial charge in [0.05, 0.1) is 6.54 Å². The summed E-state index contributed by atoms with van der Waals surface area (Å²) in [7, 11) is 0. The minimum Gasteiger partial charge on any atom is -0.481 e. The molecule has 8 nitrogen and oxygen atoms in total. The molecule has 0 bridgehead atoms. The minimum absolute atomic E-state index is 0.135. The number of halogens is 4. The van der Waals surface area contributed by atoms with Gasteiger partial charge in [0.15, 0.2) is 12.2 Å². The second-order valence-corrected chi connectivity index (χ2v) is 6.86. The van der Waals surface area contributed by atoms with Crippen LogP contribution >= 0.6 is 0 Å². The molecule has 2 aliphatic rings. The number of carbonyl (C=O) groups is 4. The lowest BCUT2D eigenvalue weighted by molar-refractivity contribution is -0.507. The zero-order valence-electron chi connectivity index (χ0n) is 15.6. The summed E-state index contributed by atoms with van der Waals surface area (Å²) < 4.78 is 56.5. The van der Waals surface area contributed by atoms with Crippen LogP contribution in [0.2, 0.25) is 0 Å². The highest BCUT2D eigenvalue weighted by molar-refractivity contribution is 6.44. The van der Waals surface area contributed by atoms with Crippen LogP contribution in [0, 0.1) is 5.82 Å². The summed E-state index contributed by atoms with van der Waals surface area (Å²) in [4.78, 5) is 48.9. The van der Waals surface area contributed by atoms with E-state index in [0.717, 1.165) is 33.9 Å². The SMILES string of the molecule is O=C(O)CC1CN(Cc2ccc(F)cc2)C(=O)C2=[N+]1C=CC(=O)C2OC(=O)C(F)(F)F. The van der Waals surface area contributed by atoms with Crippen LogP contribution in [0.5, 0.6) is 0 Å². The van der Waals surface area contributed by atoms with E-state index in [1.165, 1.54) is 12.1 Å². The lowest BCUT2D eigenvalue weighted by Crippen LogP contribution is -2.59. The Hall–Kier alpha value is -3.57. The van der Waals surface area contributed by atoms with Crippen LogP contribution in [-0.2, 0) is 30.5 Å². The van der Waals surface area contributed by atoms with Crippen molar-refractivity contribution < 1.29 is 51.2 Å². The third-order valence-electron chi connectivity index (χ3n) is 4.67.